The Balaban J connectivity index is 3.20. The molecule has 0 aliphatic carbocycles. The fourth-order valence-electron chi connectivity index (χ4n) is 1.53. The number of methoxy groups -OCH3 is 1. The van der Waals surface area contributed by atoms with Gasteiger partial charge in [0.2, 0.25) is 10.0 Å². The van der Waals surface area contributed by atoms with Crippen LogP contribution in [0.15, 0.2) is 29.2 Å². The van der Waals surface area contributed by atoms with E-state index in [-0.39, 0.29) is 18.0 Å². The topological polar surface area (TPSA) is 66.8 Å². The summed E-state index contributed by atoms with van der Waals surface area (Å²) in [5, 5.41) is 8.87. The van der Waals surface area contributed by atoms with Gasteiger partial charge in [0.15, 0.2) is 0 Å². The number of nitrogens with zero attached hydrogens (tertiary/aromatic N) is 1. The highest BCUT2D eigenvalue weighted by Gasteiger charge is 2.25. The summed E-state index contributed by atoms with van der Waals surface area (Å²) in [5.41, 5.74) is 0. The Morgan fingerprint density at radius 1 is 1.35 bits per heavy atom. The number of aliphatic hydroxyl groups excluding tert-OH is 1. The fourth-order valence-corrected chi connectivity index (χ4v) is 3.13. The first-order chi connectivity index (χ1) is 8.07. The molecule has 0 radical (unpaired) electrons. The molecule has 0 spiro atoms. The molecule has 1 rings (SSSR count). The molecule has 17 heavy (non-hydrogen) atoms. The first-order valence-corrected chi connectivity index (χ1v) is 6.76. The largest absolute Gasteiger partial charge is 0.495 e. The van der Waals surface area contributed by atoms with Crippen molar-refractivity contribution in [2.45, 2.75) is 11.8 Å². The van der Waals surface area contributed by atoms with Crippen molar-refractivity contribution < 1.29 is 18.3 Å². The van der Waals surface area contributed by atoms with E-state index >= 15 is 0 Å². The summed E-state index contributed by atoms with van der Waals surface area (Å²) >= 11 is 0. The summed E-state index contributed by atoms with van der Waals surface area (Å²) in [5.74, 6) is 0.309. The monoisotopic (exact) mass is 259 g/mol. The number of benzene rings is 1. The van der Waals surface area contributed by atoms with E-state index in [1.54, 1.807) is 25.1 Å². The standard InChI is InChI=1S/C11H17NO4S/c1-3-12(8-9-13)17(14,15)11-7-5-4-6-10(11)16-2/h4-7,13H,3,8-9H2,1-2H3. The zero-order valence-corrected chi connectivity index (χ0v) is 10.8. The predicted molar refractivity (Wildman–Crippen MR) is 64.5 cm³/mol. The lowest BCUT2D eigenvalue weighted by Crippen LogP contribution is -2.33. The molecule has 1 aromatic rings. The van der Waals surface area contributed by atoms with Gasteiger partial charge in [0, 0.05) is 13.1 Å². The third-order valence-corrected chi connectivity index (χ3v) is 4.40. The molecule has 0 saturated carbocycles. The van der Waals surface area contributed by atoms with Gasteiger partial charge in [-0.1, -0.05) is 19.1 Å². The number of hydrogen-bond donors (Lipinski definition) is 1. The zero-order valence-electron chi connectivity index (χ0n) is 9.96. The van der Waals surface area contributed by atoms with Crippen molar-refractivity contribution in [3.63, 3.8) is 0 Å². The Morgan fingerprint density at radius 3 is 2.53 bits per heavy atom. The summed E-state index contributed by atoms with van der Waals surface area (Å²) in [6.07, 6.45) is 0. The highest BCUT2D eigenvalue weighted by Crippen LogP contribution is 2.25. The van der Waals surface area contributed by atoms with E-state index in [1.165, 1.54) is 17.5 Å². The normalized spacial score (nSPS) is 11.8. The zero-order chi connectivity index (χ0) is 12.9. The number of likely N-dealkylation sites (N-methyl/N-ethyl adjacent to an activating group) is 1. The lowest BCUT2D eigenvalue weighted by molar-refractivity contribution is 0.256. The summed E-state index contributed by atoms with van der Waals surface area (Å²) in [7, 11) is -2.18. The van der Waals surface area contributed by atoms with E-state index in [2.05, 4.69) is 0 Å². The van der Waals surface area contributed by atoms with Crippen molar-refractivity contribution in [2.24, 2.45) is 0 Å². The van der Waals surface area contributed by atoms with Crippen molar-refractivity contribution >= 4 is 10.0 Å². The lowest BCUT2D eigenvalue weighted by atomic mass is 10.3. The van der Waals surface area contributed by atoms with Crippen LogP contribution in [0.5, 0.6) is 5.75 Å². The second-order valence-corrected chi connectivity index (χ2v) is 5.28. The first-order valence-electron chi connectivity index (χ1n) is 5.32. The molecule has 0 amide bonds. The molecule has 1 aromatic carbocycles. The van der Waals surface area contributed by atoms with Crippen LogP contribution in [0, 0.1) is 0 Å². The number of sulfonamides is 1. The van der Waals surface area contributed by atoms with Crippen LogP contribution in [0.4, 0.5) is 0 Å². The number of ether oxygens (including phenoxy) is 1. The second kappa shape index (κ2) is 6.00. The molecular formula is C11H17NO4S. The maximum absolute atomic E-state index is 12.3. The van der Waals surface area contributed by atoms with E-state index in [0.717, 1.165) is 0 Å². The molecule has 0 bridgehead atoms. The SMILES string of the molecule is CCN(CCO)S(=O)(=O)c1ccccc1OC. The smallest absolute Gasteiger partial charge is 0.246 e. The van der Waals surface area contributed by atoms with Gasteiger partial charge in [0.25, 0.3) is 0 Å². The van der Waals surface area contributed by atoms with Crippen LogP contribution in [0.2, 0.25) is 0 Å². The maximum Gasteiger partial charge on any atom is 0.246 e. The second-order valence-electron chi connectivity index (χ2n) is 3.37. The van der Waals surface area contributed by atoms with Gasteiger partial charge < -0.3 is 9.84 Å². The van der Waals surface area contributed by atoms with Crippen LogP contribution in [0.25, 0.3) is 0 Å². The molecule has 0 heterocycles. The molecule has 1 N–H and O–H groups in total. The van der Waals surface area contributed by atoms with Crippen molar-refractivity contribution in [3.8, 4) is 5.75 Å². The molecule has 0 aliphatic rings. The van der Waals surface area contributed by atoms with E-state index in [1.807, 2.05) is 0 Å². The average molecular weight is 259 g/mol. The van der Waals surface area contributed by atoms with Gasteiger partial charge >= 0.3 is 0 Å². The molecule has 96 valence electrons. The summed E-state index contributed by atoms with van der Waals surface area (Å²) in [6.45, 7) is 1.91. The van der Waals surface area contributed by atoms with E-state index in [4.69, 9.17) is 9.84 Å². The minimum Gasteiger partial charge on any atom is -0.495 e. The van der Waals surface area contributed by atoms with Crippen LogP contribution in [-0.2, 0) is 10.0 Å². The number of aliphatic hydroxyl groups is 1. The average Bonchev–Trinajstić information content (AvgIpc) is 2.35. The van der Waals surface area contributed by atoms with E-state index < -0.39 is 10.0 Å². The number of para-hydroxylation sites is 1. The Labute approximate surface area is 102 Å². The fraction of sp³-hybridized carbons (Fsp3) is 0.455. The minimum absolute atomic E-state index is 0.0802. The Bertz CT molecular complexity index is 458. The highest BCUT2D eigenvalue weighted by atomic mass is 32.2. The molecule has 0 atom stereocenters. The molecule has 0 aromatic heterocycles. The molecule has 0 fully saturated rings. The van der Waals surface area contributed by atoms with Gasteiger partial charge in [-0.3, -0.25) is 0 Å². The van der Waals surface area contributed by atoms with Crippen LogP contribution in [0.3, 0.4) is 0 Å². The number of rotatable bonds is 6. The highest BCUT2D eigenvalue weighted by molar-refractivity contribution is 7.89. The quantitative estimate of drug-likeness (QED) is 0.816. The predicted octanol–water partition coefficient (Wildman–Crippen LogP) is 0.698. The van der Waals surface area contributed by atoms with Crippen LogP contribution >= 0.6 is 0 Å². The van der Waals surface area contributed by atoms with Gasteiger partial charge in [-0.2, -0.15) is 4.31 Å². The van der Waals surface area contributed by atoms with Gasteiger partial charge in [-0.05, 0) is 12.1 Å². The van der Waals surface area contributed by atoms with Gasteiger partial charge in [-0.25, -0.2) is 8.42 Å². The molecule has 0 saturated heterocycles. The molecule has 0 unspecified atom stereocenters. The van der Waals surface area contributed by atoms with E-state index in [0.29, 0.717) is 12.3 Å². The Morgan fingerprint density at radius 2 is 2.00 bits per heavy atom. The number of hydrogen-bond acceptors (Lipinski definition) is 4. The molecule has 5 nitrogen and oxygen atoms in total. The van der Waals surface area contributed by atoms with Crippen molar-refractivity contribution in [3.05, 3.63) is 24.3 Å². The Hall–Kier alpha value is -1.11. The van der Waals surface area contributed by atoms with Gasteiger partial charge in [0.1, 0.15) is 10.6 Å². The van der Waals surface area contributed by atoms with Crippen LogP contribution < -0.4 is 4.74 Å². The molecular weight excluding hydrogens is 242 g/mol. The van der Waals surface area contributed by atoms with Crippen molar-refractivity contribution in [1.82, 2.24) is 4.31 Å². The summed E-state index contributed by atoms with van der Waals surface area (Å²) in [4.78, 5) is 0.123. The summed E-state index contributed by atoms with van der Waals surface area (Å²) in [6, 6.07) is 6.44. The molecule has 6 heteroatoms. The lowest BCUT2D eigenvalue weighted by Gasteiger charge is -2.20. The van der Waals surface area contributed by atoms with Crippen molar-refractivity contribution in [2.75, 3.05) is 26.8 Å². The van der Waals surface area contributed by atoms with Gasteiger partial charge in [0.05, 0.1) is 13.7 Å². The Kier molecular flexibility index (Phi) is 4.92. The van der Waals surface area contributed by atoms with E-state index in [9.17, 15) is 8.42 Å². The van der Waals surface area contributed by atoms with Crippen molar-refractivity contribution in [1.29, 1.82) is 0 Å². The molecule has 0 aliphatic heterocycles. The van der Waals surface area contributed by atoms with Crippen LogP contribution in [0.1, 0.15) is 6.92 Å². The summed E-state index contributed by atoms with van der Waals surface area (Å²) < 4.78 is 30.8. The third kappa shape index (κ3) is 2.96. The maximum atomic E-state index is 12.3. The third-order valence-electron chi connectivity index (χ3n) is 2.39. The van der Waals surface area contributed by atoms with Crippen LogP contribution in [-0.4, -0.2) is 44.6 Å². The minimum atomic E-state index is -3.61. The van der Waals surface area contributed by atoms with Gasteiger partial charge in [-0.15, -0.1) is 0 Å². The first kappa shape index (κ1) is 14.0.